The molecule has 2 amide bonds. The Labute approximate surface area is 196 Å². The van der Waals surface area contributed by atoms with Gasteiger partial charge in [-0.05, 0) is 56.2 Å². The highest BCUT2D eigenvalue weighted by molar-refractivity contribution is 8.00. The van der Waals surface area contributed by atoms with Gasteiger partial charge >= 0.3 is 0 Å². The lowest BCUT2D eigenvalue weighted by Gasteiger charge is -2.14. The minimum Gasteiger partial charge on any atom is -0.346 e. The van der Waals surface area contributed by atoms with E-state index in [2.05, 4.69) is 36.8 Å². The second kappa shape index (κ2) is 9.87. The van der Waals surface area contributed by atoms with Gasteiger partial charge in [0.2, 0.25) is 11.8 Å². The summed E-state index contributed by atoms with van der Waals surface area (Å²) in [6.45, 7) is 5.65. The van der Waals surface area contributed by atoms with E-state index in [0.717, 1.165) is 47.1 Å². The number of thioether (sulfide) groups is 1. The van der Waals surface area contributed by atoms with Crippen molar-refractivity contribution in [2.75, 3.05) is 11.9 Å². The fraction of sp³-hybridized carbons (Fsp3) is 0.391. The van der Waals surface area contributed by atoms with Crippen molar-refractivity contribution >= 4 is 40.6 Å². The first-order valence-electron chi connectivity index (χ1n) is 10.7. The Kier molecular flexibility index (Phi) is 6.95. The van der Waals surface area contributed by atoms with Gasteiger partial charge in [-0.1, -0.05) is 36.0 Å². The number of carbonyl (C=O) groups is 2. The van der Waals surface area contributed by atoms with Crippen LogP contribution in [0.1, 0.15) is 47.6 Å². The highest BCUT2D eigenvalue weighted by Gasteiger charge is 2.31. The maximum atomic E-state index is 12.6. The van der Waals surface area contributed by atoms with Crippen LogP contribution >= 0.6 is 23.1 Å². The summed E-state index contributed by atoms with van der Waals surface area (Å²) in [6, 6.07) is 10.4. The van der Waals surface area contributed by atoms with Crippen LogP contribution in [-0.2, 0) is 16.0 Å². The van der Waals surface area contributed by atoms with Gasteiger partial charge in [0.1, 0.15) is 5.82 Å². The molecule has 1 aromatic carbocycles. The number of thiophene rings is 1. The number of hydrogen-bond acceptors (Lipinski definition) is 6. The Balaban J connectivity index is 1.34. The van der Waals surface area contributed by atoms with Crippen LogP contribution in [0.4, 0.5) is 5.69 Å². The van der Waals surface area contributed by atoms with E-state index in [4.69, 9.17) is 0 Å². The summed E-state index contributed by atoms with van der Waals surface area (Å²) in [4.78, 5) is 26.2. The number of nitrogens with one attached hydrogen (secondary N) is 2. The van der Waals surface area contributed by atoms with Gasteiger partial charge in [-0.3, -0.25) is 9.59 Å². The monoisotopic (exact) mass is 469 g/mol. The SMILES string of the molecule is Cc1cccc(C)c1NC(=O)CNC(=O)[C@H](C)Sc1nnc(Cc2cccs2)n1C1CC1. The van der Waals surface area contributed by atoms with Crippen molar-refractivity contribution in [2.45, 2.75) is 56.5 Å². The van der Waals surface area contributed by atoms with E-state index in [1.54, 1.807) is 11.3 Å². The number of anilines is 1. The highest BCUT2D eigenvalue weighted by atomic mass is 32.2. The maximum absolute atomic E-state index is 12.6. The summed E-state index contributed by atoms with van der Waals surface area (Å²) in [5, 5.41) is 16.8. The molecule has 2 N–H and O–H groups in total. The van der Waals surface area contributed by atoms with Crippen molar-refractivity contribution in [1.82, 2.24) is 20.1 Å². The Hall–Kier alpha value is -2.65. The zero-order valence-electron chi connectivity index (χ0n) is 18.4. The van der Waals surface area contributed by atoms with Crippen molar-refractivity contribution in [3.05, 3.63) is 57.5 Å². The molecule has 9 heteroatoms. The largest absolute Gasteiger partial charge is 0.346 e. The van der Waals surface area contributed by atoms with E-state index in [0.29, 0.717) is 6.04 Å². The Morgan fingerprint density at radius 1 is 1.19 bits per heavy atom. The van der Waals surface area contributed by atoms with E-state index in [1.807, 2.05) is 45.0 Å². The first kappa shape index (κ1) is 22.5. The number of hydrogen-bond donors (Lipinski definition) is 2. The first-order valence-corrected chi connectivity index (χ1v) is 12.4. The lowest BCUT2D eigenvalue weighted by Crippen LogP contribution is -2.37. The van der Waals surface area contributed by atoms with Crippen LogP contribution in [0.2, 0.25) is 0 Å². The molecule has 2 heterocycles. The molecule has 0 saturated heterocycles. The van der Waals surface area contributed by atoms with Crippen molar-refractivity contribution in [1.29, 1.82) is 0 Å². The first-order chi connectivity index (χ1) is 15.4. The molecule has 1 saturated carbocycles. The van der Waals surface area contributed by atoms with Gasteiger partial charge in [-0.15, -0.1) is 21.5 Å². The predicted molar refractivity (Wildman–Crippen MR) is 128 cm³/mol. The lowest BCUT2D eigenvalue weighted by atomic mass is 10.1. The molecule has 1 atom stereocenters. The van der Waals surface area contributed by atoms with Crippen molar-refractivity contribution in [2.24, 2.45) is 0 Å². The number of aryl methyl sites for hydroxylation is 2. The Bertz CT molecular complexity index is 1090. The Morgan fingerprint density at radius 3 is 2.59 bits per heavy atom. The number of carbonyl (C=O) groups excluding carboxylic acids is 2. The minimum absolute atomic E-state index is 0.0730. The van der Waals surface area contributed by atoms with Gasteiger partial charge in [0, 0.05) is 23.0 Å². The molecule has 1 aliphatic carbocycles. The normalized spacial score (nSPS) is 14.2. The third kappa shape index (κ3) is 5.39. The van der Waals surface area contributed by atoms with Crippen molar-refractivity contribution in [3.8, 4) is 0 Å². The quantitative estimate of drug-likeness (QED) is 0.460. The van der Waals surface area contributed by atoms with E-state index in [1.165, 1.54) is 16.6 Å². The fourth-order valence-corrected chi connectivity index (χ4v) is 5.16. The molecule has 168 valence electrons. The zero-order valence-corrected chi connectivity index (χ0v) is 20.1. The van der Waals surface area contributed by atoms with Gasteiger partial charge in [0.15, 0.2) is 5.16 Å². The van der Waals surface area contributed by atoms with Crippen LogP contribution in [0.25, 0.3) is 0 Å². The fourth-order valence-electron chi connectivity index (χ4n) is 3.49. The second-order valence-corrected chi connectivity index (χ2v) is 10.4. The predicted octanol–water partition coefficient (Wildman–Crippen LogP) is 4.12. The van der Waals surface area contributed by atoms with Crippen LogP contribution in [0.5, 0.6) is 0 Å². The molecule has 1 fully saturated rings. The van der Waals surface area contributed by atoms with Gasteiger partial charge in [-0.2, -0.15) is 0 Å². The molecule has 0 unspecified atom stereocenters. The number of amides is 2. The number of aromatic nitrogens is 3. The van der Waals surface area contributed by atoms with E-state index >= 15 is 0 Å². The molecule has 32 heavy (non-hydrogen) atoms. The van der Waals surface area contributed by atoms with Crippen LogP contribution in [0.3, 0.4) is 0 Å². The van der Waals surface area contributed by atoms with Gasteiger partial charge < -0.3 is 15.2 Å². The summed E-state index contributed by atoms with van der Waals surface area (Å²) < 4.78 is 2.18. The number of benzene rings is 1. The number of para-hydroxylation sites is 1. The maximum Gasteiger partial charge on any atom is 0.243 e. The van der Waals surface area contributed by atoms with Crippen LogP contribution in [-0.4, -0.2) is 38.4 Å². The minimum atomic E-state index is -0.390. The standard InChI is InChI=1S/C23H27N5O2S2/c1-14-6-4-7-15(2)21(14)25-20(29)13-24-22(30)16(3)32-23-27-26-19(28(23)17-9-10-17)12-18-8-5-11-31-18/h4-8,11,16-17H,9-10,12-13H2,1-3H3,(H,24,30)(H,25,29)/t16-/m0/s1. The average Bonchev–Trinajstić information content (AvgIpc) is 3.32. The van der Waals surface area contributed by atoms with E-state index in [-0.39, 0.29) is 23.6 Å². The molecular weight excluding hydrogens is 442 g/mol. The van der Waals surface area contributed by atoms with Crippen LogP contribution in [0, 0.1) is 13.8 Å². The molecule has 0 bridgehead atoms. The summed E-state index contributed by atoms with van der Waals surface area (Å²) in [7, 11) is 0. The third-order valence-electron chi connectivity index (χ3n) is 5.38. The van der Waals surface area contributed by atoms with E-state index < -0.39 is 0 Å². The van der Waals surface area contributed by atoms with Crippen LogP contribution < -0.4 is 10.6 Å². The summed E-state index contributed by atoms with van der Waals surface area (Å²) in [5.41, 5.74) is 2.78. The topological polar surface area (TPSA) is 88.9 Å². The molecule has 0 radical (unpaired) electrons. The molecular formula is C23H27N5O2S2. The molecule has 3 aromatic rings. The van der Waals surface area contributed by atoms with E-state index in [9.17, 15) is 9.59 Å². The molecule has 2 aromatic heterocycles. The molecule has 1 aliphatic rings. The molecule has 0 spiro atoms. The number of nitrogens with zero attached hydrogens (tertiary/aromatic N) is 3. The highest BCUT2D eigenvalue weighted by Crippen LogP contribution is 2.40. The average molecular weight is 470 g/mol. The molecule has 0 aliphatic heterocycles. The molecule has 7 nitrogen and oxygen atoms in total. The zero-order chi connectivity index (χ0) is 22.7. The summed E-state index contributed by atoms with van der Waals surface area (Å²) >= 11 is 3.10. The lowest BCUT2D eigenvalue weighted by molar-refractivity contribution is -0.123. The smallest absolute Gasteiger partial charge is 0.243 e. The van der Waals surface area contributed by atoms with Gasteiger partial charge in [-0.25, -0.2) is 0 Å². The number of rotatable bonds is 9. The summed E-state index contributed by atoms with van der Waals surface area (Å²) in [6.07, 6.45) is 2.98. The van der Waals surface area contributed by atoms with Crippen molar-refractivity contribution < 1.29 is 9.59 Å². The summed E-state index contributed by atoms with van der Waals surface area (Å²) in [5.74, 6) is 0.502. The molecule has 4 rings (SSSR count). The van der Waals surface area contributed by atoms with Gasteiger partial charge in [0.05, 0.1) is 11.8 Å². The Morgan fingerprint density at radius 2 is 1.94 bits per heavy atom. The van der Waals surface area contributed by atoms with Gasteiger partial charge in [0.25, 0.3) is 0 Å². The third-order valence-corrected chi connectivity index (χ3v) is 7.31. The van der Waals surface area contributed by atoms with Crippen molar-refractivity contribution in [3.63, 3.8) is 0 Å². The van der Waals surface area contributed by atoms with Crippen LogP contribution in [0.15, 0.2) is 40.9 Å². The second-order valence-electron chi connectivity index (χ2n) is 8.05.